The topological polar surface area (TPSA) is 174 Å². The van der Waals surface area contributed by atoms with E-state index in [0.29, 0.717) is 13.1 Å². The molecule has 5 saturated carbocycles. The highest BCUT2D eigenvalue weighted by Gasteiger charge is 2.93. The number of carbonyl (C=O) groups excluding carboxylic acids is 2. The van der Waals surface area contributed by atoms with Crippen molar-refractivity contribution in [1.82, 2.24) is 4.90 Å². The second-order valence-corrected chi connectivity index (χ2v) is 14.5. The number of hydrogen-bond donors (Lipinski definition) is 4. The molecule has 0 aromatic heterocycles. The summed E-state index contributed by atoms with van der Waals surface area (Å²) >= 11 is 0. The molecule has 1 saturated heterocycles. The highest BCUT2D eigenvalue weighted by molar-refractivity contribution is 5.89. The van der Waals surface area contributed by atoms with Crippen LogP contribution in [0.2, 0.25) is 0 Å². The zero-order valence-electron chi connectivity index (χ0n) is 27.6. The summed E-state index contributed by atoms with van der Waals surface area (Å²) < 4.78 is 37.0. The van der Waals surface area contributed by atoms with Crippen LogP contribution in [0.3, 0.4) is 0 Å². The number of aliphatic hydroxyl groups excluding tert-OH is 3. The van der Waals surface area contributed by atoms with Gasteiger partial charge in [0.2, 0.25) is 0 Å². The summed E-state index contributed by atoms with van der Waals surface area (Å²) in [7, 11) is 5.94. The molecule has 1 aromatic rings. The molecule has 1 aromatic carbocycles. The summed E-state index contributed by atoms with van der Waals surface area (Å²) in [5, 5.41) is 49.3. The van der Waals surface area contributed by atoms with Crippen LogP contribution in [0.15, 0.2) is 30.3 Å². The van der Waals surface area contributed by atoms with Crippen LogP contribution in [-0.4, -0.2) is 145 Å². The van der Waals surface area contributed by atoms with Crippen molar-refractivity contribution in [3.63, 3.8) is 0 Å². The van der Waals surface area contributed by atoms with Crippen LogP contribution in [0, 0.1) is 34.5 Å². The van der Waals surface area contributed by atoms with Gasteiger partial charge in [0.1, 0.15) is 30.0 Å². The molecule has 1 heterocycles. The van der Waals surface area contributed by atoms with E-state index < -0.39 is 106 Å². The number of carbonyl (C=O) groups is 2. The fourth-order valence-electron chi connectivity index (χ4n) is 12.4. The normalized spacial score (nSPS) is 50.7. The van der Waals surface area contributed by atoms with Crippen molar-refractivity contribution in [3.8, 4) is 0 Å². The zero-order valence-corrected chi connectivity index (χ0v) is 27.6. The summed E-state index contributed by atoms with van der Waals surface area (Å²) in [5.74, 6) is -4.35. The Morgan fingerprint density at radius 1 is 0.936 bits per heavy atom. The first-order valence-electron chi connectivity index (χ1n) is 16.5. The van der Waals surface area contributed by atoms with Gasteiger partial charge < -0.3 is 48.8 Å². The van der Waals surface area contributed by atoms with E-state index in [9.17, 15) is 30.0 Å². The highest BCUT2D eigenvalue weighted by Crippen LogP contribution is 2.80. The van der Waals surface area contributed by atoms with Crippen molar-refractivity contribution < 1.29 is 58.4 Å². The molecule has 13 nitrogen and oxygen atoms in total. The monoisotopic (exact) mass is 661 g/mol. The van der Waals surface area contributed by atoms with Gasteiger partial charge in [0.05, 0.1) is 30.5 Å². The van der Waals surface area contributed by atoms with Gasteiger partial charge in [-0.3, -0.25) is 9.69 Å². The van der Waals surface area contributed by atoms with Gasteiger partial charge in [-0.2, -0.15) is 0 Å². The Bertz CT molecular complexity index is 1400. The molecule has 16 unspecified atom stereocenters. The second-order valence-electron chi connectivity index (χ2n) is 14.5. The number of benzene rings is 1. The fourth-order valence-corrected chi connectivity index (χ4v) is 12.4. The molecule has 16 atom stereocenters. The SMILES string of the molecule is CCN1CC2(COC)C(O)C(O)C(OC)C34C5CC6(O)C(OC)C(O)C(OC(C)=O)(C5C6OC(=O)c5ccccc5)C(C(OC)C23)C14. The minimum atomic E-state index is -1.92. The van der Waals surface area contributed by atoms with Crippen LogP contribution >= 0.6 is 0 Å². The van der Waals surface area contributed by atoms with Gasteiger partial charge in [0.15, 0.2) is 5.60 Å². The molecular formula is C34H47NO12. The third-order valence-electron chi connectivity index (χ3n) is 13.2. The standard InChI is InChI=1S/C34H47NO12/c1-7-35-14-31(15-42-3)23-22(43-4)20-24(35)33(23,28(44-5)21(37)25(31)38)18-13-32(41)27(46-30(40)17-11-9-8-10-12-17)19(18)34(20,47-16(2)36)26(39)29(32)45-6/h8-12,18-29,37-39,41H,7,13-15H2,1-6H3. The van der Waals surface area contributed by atoms with Crippen molar-refractivity contribution >= 4 is 11.9 Å². The minimum absolute atomic E-state index is 0.0393. The molecule has 5 aliphatic carbocycles. The number of nitrogens with zero attached hydrogens (tertiary/aromatic N) is 1. The number of ether oxygens (including phenoxy) is 6. The Balaban J connectivity index is 1.55. The largest absolute Gasteiger partial charge is 0.455 e. The van der Waals surface area contributed by atoms with Crippen LogP contribution in [0.25, 0.3) is 0 Å². The lowest BCUT2D eigenvalue weighted by Gasteiger charge is -2.71. The number of aliphatic hydroxyl groups is 4. The van der Waals surface area contributed by atoms with Gasteiger partial charge in [-0.05, 0) is 31.0 Å². The van der Waals surface area contributed by atoms with Gasteiger partial charge in [0.25, 0.3) is 0 Å². The maximum Gasteiger partial charge on any atom is 0.338 e. The average molecular weight is 662 g/mol. The number of piperidine rings is 1. The third-order valence-corrected chi connectivity index (χ3v) is 13.2. The molecule has 4 N–H and O–H groups in total. The Labute approximate surface area is 274 Å². The number of esters is 2. The van der Waals surface area contributed by atoms with E-state index in [4.69, 9.17) is 28.4 Å². The number of rotatable bonds is 9. The first-order valence-corrected chi connectivity index (χ1v) is 16.5. The van der Waals surface area contributed by atoms with Crippen molar-refractivity contribution in [2.75, 3.05) is 48.1 Å². The molecule has 0 amide bonds. The van der Waals surface area contributed by atoms with Crippen LogP contribution in [0.1, 0.15) is 30.6 Å². The molecule has 260 valence electrons. The summed E-state index contributed by atoms with van der Waals surface area (Å²) in [6, 6.07) is 7.87. The number of methoxy groups -OCH3 is 4. The number of likely N-dealkylation sites (tertiary alicyclic amines) is 1. The van der Waals surface area contributed by atoms with E-state index in [1.54, 1.807) is 44.6 Å². The minimum Gasteiger partial charge on any atom is -0.455 e. The summed E-state index contributed by atoms with van der Waals surface area (Å²) in [4.78, 5) is 29.2. The Hall–Kier alpha value is -2.20. The smallest absolute Gasteiger partial charge is 0.338 e. The lowest BCUT2D eigenvalue weighted by atomic mass is 9.42. The molecule has 13 heteroatoms. The maximum atomic E-state index is 13.8. The van der Waals surface area contributed by atoms with Gasteiger partial charge in [0, 0.05) is 76.5 Å². The Morgan fingerprint density at radius 2 is 1.62 bits per heavy atom. The van der Waals surface area contributed by atoms with E-state index in [-0.39, 0.29) is 18.6 Å². The van der Waals surface area contributed by atoms with Crippen molar-refractivity contribution in [2.45, 2.75) is 80.2 Å². The highest BCUT2D eigenvalue weighted by atomic mass is 16.6. The Morgan fingerprint density at radius 3 is 2.19 bits per heavy atom. The van der Waals surface area contributed by atoms with E-state index >= 15 is 0 Å². The van der Waals surface area contributed by atoms with E-state index in [1.807, 2.05) is 6.92 Å². The molecule has 1 aliphatic heterocycles. The number of fused-ring (bicyclic) bond motifs is 2. The quantitative estimate of drug-likeness (QED) is 0.253. The lowest BCUT2D eigenvalue weighted by molar-refractivity contribution is -0.335. The van der Waals surface area contributed by atoms with E-state index in [0.717, 1.165) is 0 Å². The van der Waals surface area contributed by atoms with Crippen LogP contribution in [-0.2, 0) is 33.2 Å². The lowest BCUT2D eigenvalue weighted by Crippen LogP contribution is -2.83. The predicted molar refractivity (Wildman–Crippen MR) is 162 cm³/mol. The van der Waals surface area contributed by atoms with Gasteiger partial charge in [-0.15, -0.1) is 0 Å². The summed E-state index contributed by atoms with van der Waals surface area (Å²) in [5.41, 5.74) is -5.57. The Kier molecular flexibility index (Phi) is 7.91. The molecule has 0 radical (unpaired) electrons. The van der Waals surface area contributed by atoms with Crippen molar-refractivity contribution in [3.05, 3.63) is 35.9 Å². The van der Waals surface area contributed by atoms with Crippen LogP contribution in [0.5, 0.6) is 0 Å². The second kappa shape index (κ2) is 11.2. The van der Waals surface area contributed by atoms with Crippen molar-refractivity contribution in [1.29, 1.82) is 0 Å². The first kappa shape index (κ1) is 33.3. The zero-order chi connectivity index (χ0) is 33.8. The predicted octanol–water partition coefficient (Wildman–Crippen LogP) is -0.381. The molecule has 6 aliphatic rings. The van der Waals surface area contributed by atoms with E-state index in [2.05, 4.69) is 4.90 Å². The molecule has 47 heavy (non-hydrogen) atoms. The summed E-state index contributed by atoms with van der Waals surface area (Å²) in [6.45, 7) is 4.16. The van der Waals surface area contributed by atoms with Crippen LogP contribution < -0.4 is 0 Å². The number of hydrogen-bond acceptors (Lipinski definition) is 13. The molecular weight excluding hydrogens is 614 g/mol. The molecule has 1 spiro atoms. The first-order chi connectivity index (χ1) is 22.4. The molecule has 6 fully saturated rings. The molecule has 7 bridgehead atoms. The average Bonchev–Trinajstić information content (AvgIpc) is 3.42. The maximum absolute atomic E-state index is 13.8. The van der Waals surface area contributed by atoms with E-state index in [1.165, 1.54) is 21.1 Å². The third kappa shape index (κ3) is 3.75. The van der Waals surface area contributed by atoms with Gasteiger partial charge in [-0.1, -0.05) is 25.1 Å². The molecule has 7 rings (SSSR count). The fraction of sp³-hybridized carbons (Fsp3) is 0.765. The van der Waals surface area contributed by atoms with Crippen LogP contribution in [0.4, 0.5) is 0 Å². The summed E-state index contributed by atoms with van der Waals surface area (Å²) in [6.07, 6.45) is -8.59. The van der Waals surface area contributed by atoms with Gasteiger partial charge in [-0.25, -0.2) is 4.79 Å². The van der Waals surface area contributed by atoms with Crippen molar-refractivity contribution in [2.24, 2.45) is 34.5 Å². The van der Waals surface area contributed by atoms with Gasteiger partial charge >= 0.3 is 11.9 Å².